The first-order valence-electron chi connectivity index (χ1n) is 7.14. The summed E-state index contributed by atoms with van der Waals surface area (Å²) in [5.74, 6) is 0.125. The van der Waals surface area contributed by atoms with Gasteiger partial charge in [0, 0.05) is 12.0 Å². The van der Waals surface area contributed by atoms with Crippen molar-refractivity contribution >= 4 is 19.9 Å². The summed E-state index contributed by atoms with van der Waals surface area (Å²) in [6.07, 6.45) is 1.74. The Morgan fingerprint density at radius 1 is 1.14 bits per heavy atom. The number of sulfonamides is 1. The van der Waals surface area contributed by atoms with Crippen molar-refractivity contribution in [1.29, 1.82) is 0 Å². The molecule has 1 saturated carbocycles. The van der Waals surface area contributed by atoms with Gasteiger partial charge >= 0.3 is 0 Å². The summed E-state index contributed by atoms with van der Waals surface area (Å²) in [7, 11) is -6.55. The molecule has 2 fully saturated rings. The summed E-state index contributed by atoms with van der Waals surface area (Å²) in [5.41, 5.74) is 1.03. The fraction of sp³-hybridized carbons (Fsp3) is 0.571. The van der Waals surface area contributed by atoms with E-state index in [0.29, 0.717) is 19.3 Å². The largest absolute Gasteiger partial charge is 0.229 e. The number of hydrogen-bond acceptors (Lipinski definition) is 4. The van der Waals surface area contributed by atoms with E-state index < -0.39 is 31.2 Å². The lowest BCUT2D eigenvalue weighted by atomic mass is 10.1. The van der Waals surface area contributed by atoms with Gasteiger partial charge in [-0.05, 0) is 24.8 Å². The maximum Gasteiger partial charge on any atom is 0.215 e. The van der Waals surface area contributed by atoms with Gasteiger partial charge in [0.15, 0.2) is 9.84 Å². The first kappa shape index (κ1) is 15.0. The zero-order chi connectivity index (χ0) is 15.1. The average Bonchev–Trinajstić information content (AvgIpc) is 3.19. The molecule has 2 aliphatic rings. The molecule has 116 valence electrons. The van der Waals surface area contributed by atoms with Crippen LogP contribution in [0.3, 0.4) is 0 Å². The molecule has 1 heterocycles. The van der Waals surface area contributed by atoms with E-state index in [4.69, 9.17) is 0 Å². The van der Waals surface area contributed by atoms with E-state index >= 15 is 0 Å². The van der Waals surface area contributed by atoms with E-state index in [0.717, 1.165) is 5.56 Å². The SMILES string of the molecule is O=S1(=O)CCCC(NS(=O)(=O)C2CC2c2ccccc2)C1. The molecule has 0 aromatic heterocycles. The fourth-order valence-electron chi connectivity index (χ4n) is 3.00. The number of benzene rings is 1. The predicted molar refractivity (Wildman–Crippen MR) is 81.3 cm³/mol. The van der Waals surface area contributed by atoms with E-state index in [-0.39, 0.29) is 17.4 Å². The van der Waals surface area contributed by atoms with E-state index in [1.807, 2.05) is 30.3 Å². The van der Waals surface area contributed by atoms with E-state index in [9.17, 15) is 16.8 Å². The zero-order valence-electron chi connectivity index (χ0n) is 11.6. The van der Waals surface area contributed by atoms with Crippen molar-refractivity contribution in [2.75, 3.05) is 11.5 Å². The monoisotopic (exact) mass is 329 g/mol. The predicted octanol–water partition coefficient (Wildman–Crippen LogP) is 1.04. The van der Waals surface area contributed by atoms with Gasteiger partial charge in [-0.1, -0.05) is 30.3 Å². The van der Waals surface area contributed by atoms with Crippen LogP contribution in [0.1, 0.15) is 30.7 Å². The minimum atomic E-state index is -3.45. The van der Waals surface area contributed by atoms with Crippen LogP contribution >= 0.6 is 0 Å². The van der Waals surface area contributed by atoms with Crippen LogP contribution in [0.15, 0.2) is 30.3 Å². The lowest BCUT2D eigenvalue weighted by Crippen LogP contribution is -2.44. The number of hydrogen-bond donors (Lipinski definition) is 1. The quantitative estimate of drug-likeness (QED) is 0.895. The summed E-state index contributed by atoms with van der Waals surface area (Å²) in [6, 6.07) is 9.11. The molecule has 3 atom stereocenters. The minimum Gasteiger partial charge on any atom is -0.229 e. The molecule has 3 unspecified atom stereocenters. The molecule has 1 aromatic carbocycles. The van der Waals surface area contributed by atoms with Crippen molar-refractivity contribution in [3.05, 3.63) is 35.9 Å². The van der Waals surface area contributed by atoms with Gasteiger partial charge in [-0.2, -0.15) is 0 Å². The molecule has 1 aromatic rings. The smallest absolute Gasteiger partial charge is 0.215 e. The Hall–Kier alpha value is -0.920. The molecule has 1 N–H and O–H groups in total. The molecule has 1 aliphatic heterocycles. The molecule has 21 heavy (non-hydrogen) atoms. The third-order valence-electron chi connectivity index (χ3n) is 4.15. The average molecular weight is 329 g/mol. The first-order chi connectivity index (χ1) is 9.87. The van der Waals surface area contributed by atoms with Gasteiger partial charge in [-0.25, -0.2) is 21.6 Å². The van der Waals surface area contributed by atoms with Gasteiger partial charge in [0.25, 0.3) is 0 Å². The topological polar surface area (TPSA) is 80.3 Å². The fourth-order valence-corrected chi connectivity index (χ4v) is 6.63. The Morgan fingerprint density at radius 2 is 1.86 bits per heavy atom. The van der Waals surface area contributed by atoms with Crippen LogP contribution in [0.25, 0.3) is 0 Å². The van der Waals surface area contributed by atoms with Crippen LogP contribution < -0.4 is 4.72 Å². The highest BCUT2D eigenvalue weighted by molar-refractivity contribution is 7.92. The second-order valence-corrected chi connectivity index (χ2v) is 10.1. The van der Waals surface area contributed by atoms with Gasteiger partial charge in [0.2, 0.25) is 10.0 Å². The summed E-state index contributed by atoms with van der Waals surface area (Å²) in [4.78, 5) is 0. The maximum atomic E-state index is 12.3. The lowest BCUT2D eigenvalue weighted by molar-refractivity contribution is 0.516. The Bertz CT molecular complexity index is 713. The van der Waals surface area contributed by atoms with E-state index in [1.54, 1.807) is 0 Å². The molecule has 3 rings (SSSR count). The van der Waals surface area contributed by atoms with Crippen molar-refractivity contribution in [2.45, 2.75) is 36.5 Å². The molecule has 5 nitrogen and oxygen atoms in total. The van der Waals surface area contributed by atoms with Crippen molar-refractivity contribution in [1.82, 2.24) is 4.72 Å². The Kier molecular flexibility index (Phi) is 3.83. The second-order valence-electron chi connectivity index (χ2n) is 5.91. The summed E-state index contributed by atoms with van der Waals surface area (Å²) in [6.45, 7) is 0. The van der Waals surface area contributed by atoms with Gasteiger partial charge in [0.05, 0.1) is 16.8 Å². The van der Waals surface area contributed by atoms with Crippen molar-refractivity contribution < 1.29 is 16.8 Å². The molecular weight excluding hydrogens is 310 g/mol. The molecule has 0 bridgehead atoms. The van der Waals surface area contributed by atoms with Crippen LogP contribution in [-0.4, -0.2) is 39.6 Å². The zero-order valence-corrected chi connectivity index (χ0v) is 13.2. The molecule has 1 aliphatic carbocycles. The maximum absolute atomic E-state index is 12.3. The van der Waals surface area contributed by atoms with Crippen LogP contribution in [0, 0.1) is 0 Å². The van der Waals surface area contributed by atoms with Crippen LogP contribution in [0.5, 0.6) is 0 Å². The van der Waals surface area contributed by atoms with Crippen LogP contribution in [0.4, 0.5) is 0 Å². The minimum absolute atomic E-state index is 0.0314. The van der Waals surface area contributed by atoms with Gasteiger partial charge < -0.3 is 0 Å². The van der Waals surface area contributed by atoms with Crippen molar-refractivity contribution in [3.8, 4) is 0 Å². The number of rotatable bonds is 4. The van der Waals surface area contributed by atoms with Crippen LogP contribution in [0.2, 0.25) is 0 Å². The highest BCUT2D eigenvalue weighted by Crippen LogP contribution is 2.45. The number of sulfone groups is 1. The summed E-state index contributed by atoms with van der Waals surface area (Å²) in [5, 5.41) is -0.426. The third-order valence-corrected chi connectivity index (χ3v) is 7.95. The van der Waals surface area contributed by atoms with Crippen LogP contribution in [-0.2, 0) is 19.9 Å². The highest BCUT2D eigenvalue weighted by Gasteiger charge is 2.48. The normalized spacial score (nSPS) is 31.7. The van der Waals surface area contributed by atoms with Crippen molar-refractivity contribution in [3.63, 3.8) is 0 Å². The highest BCUT2D eigenvalue weighted by atomic mass is 32.2. The van der Waals surface area contributed by atoms with Gasteiger partial charge in [-0.3, -0.25) is 0 Å². The molecular formula is C14H19NO4S2. The Balaban J connectivity index is 1.66. The van der Waals surface area contributed by atoms with Gasteiger partial charge in [-0.15, -0.1) is 0 Å². The van der Waals surface area contributed by atoms with E-state index in [1.165, 1.54) is 0 Å². The first-order valence-corrected chi connectivity index (χ1v) is 10.5. The molecule has 0 spiro atoms. The molecule has 0 amide bonds. The molecule has 0 radical (unpaired) electrons. The van der Waals surface area contributed by atoms with Gasteiger partial charge in [0.1, 0.15) is 0 Å². The van der Waals surface area contributed by atoms with Crippen molar-refractivity contribution in [2.24, 2.45) is 0 Å². The molecule has 1 saturated heterocycles. The van der Waals surface area contributed by atoms with E-state index in [2.05, 4.69) is 4.72 Å². The summed E-state index contributed by atoms with van der Waals surface area (Å²) >= 11 is 0. The Labute approximate surface area is 125 Å². The Morgan fingerprint density at radius 3 is 2.52 bits per heavy atom. The molecule has 7 heteroatoms. The number of nitrogens with one attached hydrogen (secondary N) is 1. The lowest BCUT2D eigenvalue weighted by Gasteiger charge is -2.22. The summed E-state index contributed by atoms with van der Waals surface area (Å²) < 4.78 is 50.5. The standard InChI is InChI=1S/C14H19NO4S2/c16-20(17)8-4-7-12(10-20)15-21(18,19)14-9-13(14)11-5-2-1-3-6-11/h1-3,5-6,12-15H,4,7-10H2. The second kappa shape index (κ2) is 5.37. The third kappa shape index (κ3) is 3.46.